The molecule has 0 aromatic heterocycles. The summed E-state index contributed by atoms with van der Waals surface area (Å²) in [5.74, 6) is 0. The van der Waals surface area contributed by atoms with E-state index < -0.39 is 0 Å². The Bertz CT molecular complexity index is 137. The van der Waals surface area contributed by atoms with Crippen molar-refractivity contribution in [1.29, 1.82) is 0 Å². The summed E-state index contributed by atoms with van der Waals surface area (Å²) in [5.41, 5.74) is 0.320. The van der Waals surface area contributed by atoms with Crippen molar-refractivity contribution >= 4 is 0 Å². The minimum Gasteiger partial charge on any atom is -0.394 e. The summed E-state index contributed by atoms with van der Waals surface area (Å²) in [4.78, 5) is 0. The zero-order valence-electron chi connectivity index (χ0n) is 10.5. The zero-order chi connectivity index (χ0) is 11.2. The molecule has 0 aliphatic heterocycles. The van der Waals surface area contributed by atoms with Gasteiger partial charge < -0.3 is 10.4 Å². The van der Waals surface area contributed by atoms with E-state index in [0.717, 1.165) is 25.8 Å². The van der Waals surface area contributed by atoms with Gasteiger partial charge in [-0.25, -0.2) is 0 Å². The molecule has 2 heteroatoms. The van der Waals surface area contributed by atoms with Crippen LogP contribution in [0.15, 0.2) is 0 Å². The van der Waals surface area contributed by atoms with Crippen LogP contribution in [0.2, 0.25) is 0 Å². The molecule has 0 heterocycles. The van der Waals surface area contributed by atoms with Gasteiger partial charge in [0.1, 0.15) is 0 Å². The molecule has 0 spiro atoms. The first kappa shape index (κ1) is 13.9. The Morgan fingerprint density at radius 1 is 1.07 bits per heavy atom. The van der Waals surface area contributed by atoms with Gasteiger partial charge in [-0.1, -0.05) is 34.6 Å². The van der Waals surface area contributed by atoms with E-state index in [0.29, 0.717) is 5.41 Å². The predicted octanol–water partition coefficient (Wildman–Crippen LogP) is 2.56. The molecule has 0 rings (SSSR count). The fourth-order valence-electron chi connectivity index (χ4n) is 1.48. The summed E-state index contributed by atoms with van der Waals surface area (Å²) in [5, 5.41) is 12.8. The number of aliphatic hydroxyl groups is 1. The molecule has 2 nitrogen and oxygen atoms in total. The Balaban J connectivity index is 3.95. The second-order valence-corrected chi connectivity index (χ2v) is 5.38. The van der Waals surface area contributed by atoms with E-state index in [1.807, 2.05) is 0 Å². The molecule has 0 amide bonds. The Morgan fingerprint density at radius 3 is 1.86 bits per heavy atom. The maximum Gasteiger partial charge on any atom is 0.0613 e. The van der Waals surface area contributed by atoms with Crippen molar-refractivity contribution in [2.24, 2.45) is 5.41 Å². The first-order valence-electron chi connectivity index (χ1n) is 5.75. The van der Waals surface area contributed by atoms with Crippen LogP contribution in [0.4, 0.5) is 0 Å². The van der Waals surface area contributed by atoms with Crippen molar-refractivity contribution in [2.45, 2.75) is 59.4 Å². The highest BCUT2D eigenvalue weighted by Crippen LogP contribution is 2.19. The summed E-state index contributed by atoms with van der Waals surface area (Å²) in [6.07, 6.45) is 3.13. The van der Waals surface area contributed by atoms with Gasteiger partial charge in [0, 0.05) is 5.54 Å². The first-order chi connectivity index (χ1) is 6.39. The molecule has 0 bridgehead atoms. The van der Waals surface area contributed by atoms with Crippen molar-refractivity contribution in [3.63, 3.8) is 0 Å². The fraction of sp³-hybridized carbons (Fsp3) is 1.00. The maximum absolute atomic E-state index is 9.34. The van der Waals surface area contributed by atoms with Crippen LogP contribution in [0.5, 0.6) is 0 Å². The van der Waals surface area contributed by atoms with Crippen molar-refractivity contribution in [2.75, 3.05) is 13.2 Å². The van der Waals surface area contributed by atoms with Crippen LogP contribution in [0.3, 0.4) is 0 Å². The molecular weight excluding hydrogens is 174 g/mol. The van der Waals surface area contributed by atoms with E-state index in [-0.39, 0.29) is 12.1 Å². The monoisotopic (exact) mass is 201 g/mol. The average molecular weight is 201 g/mol. The Morgan fingerprint density at radius 2 is 1.57 bits per heavy atom. The topological polar surface area (TPSA) is 32.3 Å². The second kappa shape index (κ2) is 5.72. The SMILES string of the molecule is CCC(CC)(CO)NCCC(C)(C)C. The van der Waals surface area contributed by atoms with Gasteiger partial charge in [-0.05, 0) is 31.2 Å². The van der Waals surface area contributed by atoms with Gasteiger partial charge in [-0.15, -0.1) is 0 Å². The predicted molar refractivity (Wildman–Crippen MR) is 62.5 cm³/mol. The molecule has 2 N–H and O–H groups in total. The molecule has 0 aliphatic rings. The molecule has 0 aromatic rings. The molecule has 0 saturated heterocycles. The van der Waals surface area contributed by atoms with E-state index in [1.165, 1.54) is 0 Å². The van der Waals surface area contributed by atoms with Crippen molar-refractivity contribution in [3.8, 4) is 0 Å². The van der Waals surface area contributed by atoms with Gasteiger partial charge >= 0.3 is 0 Å². The molecule has 0 fully saturated rings. The van der Waals surface area contributed by atoms with E-state index in [4.69, 9.17) is 0 Å². The van der Waals surface area contributed by atoms with Gasteiger partial charge in [-0.2, -0.15) is 0 Å². The second-order valence-electron chi connectivity index (χ2n) is 5.38. The van der Waals surface area contributed by atoms with E-state index in [9.17, 15) is 5.11 Å². The van der Waals surface area contributed by atoms with Crippen LogP contribution in [-0.4, -0.2) is 23.8 Å². The lowest BCUT2D eigenvalue weighted by molar-refractivity contribution is 0.146. The van der Waals surface area contributed by atoms with Crippen molar-refractivity contribution in [1.82, 2.24) is 5.32 Å². The quantitative estimate of drug-likeness (QED) is 0.692. The molecule has 86 valence electrons. The van der Waals surface area contributed by atoms with Crippen molar-refractivity contribution in [3.05, 3.63) is 0 Å². The van der Waals surface area contributed by atoms with E-state index in [2.05, 4.69) is 39.9 Å². The van der Waals surface area contributed by atoms with Crippen LogP contribution < -0.4 is 5.32 Å². The Kier molecular flexibility index (Phi) is 5.68. The van der Waals surface area contributed by atoms with Gasteiger partial charge in [0.05, 0.1) is 6.61 Å². The lowest BCUT2D eigenvalue weighted by atomic mass is 9.90. The standard InChI is InChI=1S/C12H27NO/c1-6-12(7-2,10-14)13-9-8-11(3,4)5/h13-14H,6-10H2,1-5H3. The highest BCUT2D eigenvalue weighted by atomic mass is 16.3. The lowest BCUT2D eigenvalue weighted by Crippen LogP contribution is -2.48. The summed E-state index contributed by atoms with van der Waals surface area (Å²) in [6.45, 7) is 12.2. The van der Waals surface area contributed by atoms with Crippen LogP contribution in [0.1, 0.15) is 53.9 Å². The molecule has 14 heavy (non-hydrogen) atoms. The third kappa shape index (κ3) is 4.97. The fourth-order valence-corrected chi connectivity index (χ4v) is 1.48. The number of rotatable bonds is 6. The molecule has 0 atom stereocenters. The van der Waals surface area contributed by atoms with Crippen LogP contribution in [0.25, 0.3) is 0 Å². The van der Waals surface area contributed by atoms with Gasteiger partial charge in [0.15, 0.2) is 0 Å². The Labute approximate surface area is 89.1 Å². The number of hydrogen-bond acceptors (Lipinski definition) is 2. The van der Waals surface area contributed by atoms with Gasteiger partial charge in [0.2, 0.25) is 0 Å². The molecular formula is C12H27NO. The molecule has 0 saturated carbocycles. The van der Waals surface area contributed by atoms with Crippen LogP contribution in [0, 0.1) is 5.41 Å². The number of hydrogen-bond donors (Lipinski definition) is 2. The van der Waals surface area contributed by atoms with Gasteiger partial charge in [-0.3, -0.25) is 0 Å². The maximum atomic E-state index is 9.34. The third-order valence-corrected chi connectivity index (χ3v) is 3.03. The Hall–Kier alpha value is -0.0800. The summed E-state index contributed by atoms with van der Waals surface area (Å²) in [6, 6.07) is 0. The molecule has 0 unspecified atom stereocenters. The highest BCUT2D eigenvalue weighted by Gasteiger charge is 2.24. The summed E-state index contributed by atoms with van der Waals surface area (Å²) in [7, 11) is 0. The zero-order valence-corrected chi connectivity index (χ0v) is 10.5. The van der Waals surface area contributed by atoms with E-state index in [1.54, 1.807) is 0 Å². The number of nitrogens with one attached hydrogen (secondary N) is 1. The van der Waals surface area contributed by atoms with Crippen LogP contribution >= 0.6 is 0 Å². The highest BCUT2D eigenvalue weighted by molar-refractivity contribution is 4.84. The minimum atomic E-state index is -0.0503. The number of aliphatic hydroxyl groups excluding tert-OH is 1. The minimum absolute atomic E-state index is 0.0503. The third-order valence-electron chi connectivity index (χ3n) is 3.03. The first-order valence-corrected chi connectivity index (χ1v) is 5.75. The average Bonchev–Trinajstić information content (AvgIpc) is 2.11. The van der Waals surface area contributed by atoms with Crippen LogP contribution in [-0.2, 0) is 0 Å². The van der Waals surface area contributed by atoms with E-state index >= 15 is 0 Å². The molecule has 0 aromatic carbocycles. The lowest BCUT2D eigenvalue weighted by Gasteiger charge is -2.32. The molecule has 0 radical (unpaired) electrons. The van der Waals surface area contributed by atoms with Crippen molar-refractivity contribution < 1.29 is 5.11 Å². The summed E-state index contributed by atoms with van der Waals surface area (Å²) < 4.78 is 0. The van der Waals surface area contributed by atoms with Gasteiger partial charge in [0.25, 0.3) is 0 Å². The normalized spacial score (nSPS) is 13.3. The summed E-state index contributed by atoms with van der Waals surface area (Å²) >= 11 is 0. The molecule has 0 aliphatic carbocycles. The largest absolute Gasteiger partial charge is 0.394 e. The smallest absolute Gasteiger partial charge is 0.0613 e.